The largest absolute Gasteiger partial charge is 0.381 e. The normalized spacial score (nSPS) is 30.1. The lowest BCUT2D eigenvalue weighted by Crippen LogP contribution is -2.52. The highest BCUT2D eigenvalue weighted by Crippen LogP contribution is 2.39. The molecule has 2 amide bonds. The highest BCUT2D eigenvalue weighted by molar-refractivity contribution is 5.74. The van der Waals surface area contributed by atoms with E-state index in [1.54, 1.807) is 0 Å². The van der Waals surface area contributed by atoms with Crippen molar-refractivity contribution in [2.24, 2.45) is 5.92 Å². The van der Waals surface area contributed by atoms with Crippen LogP contribution in [0.1, 0.15) is 58.3 Å². The first-order chi connectivity index (χ1) is 10.7. The topological polar surface area (TPSA) is 59.6 Å². The van der Waals surface area contributed by atoms with Crippen LogP contribution in [-0.4, -0.2) is 43.5 Å². The van der Waals surface area contributed by atoms with Crippen molar-refractivity contribution in [2.45, 2.75) is 76.0 Å². The molecule has 3 fully saturated rings. The number of amides is 2. The molecule has 0 aromatic carbocycles. The number of ether oxygens (including phenoxy) is 2. The molecule has 126 valence electrons. The van der Waals surface area contributed by atoms with E-state index in [1.165, 1.54) is 12.8 Å². The highest BCUT2D eigenvalue weighted by Gasteiger charge is 2.40. The molecule has 0 aromatic heterocycles. The fourth-order valence-electron chi connectivity index (χ4n) is 4.29. The number of carbonyl (C=O) groups excluding carboxylic acids is 1. The van der Waals surface area contributed by atoms with Crippen LogP contribution in [0.5, 0.6) is 0 Å². The summed E-state index contributed by atoms with van der Waals surface area (Å²) in [7, 11) is 0. The average molecular weight is 310 g/mol. The van der Waals surface area contributed by atoms with Crippen LogP contribution in [0.4, 0.5) is 4.79 Å². The highest BCUT2D eigenvalue weighted by atomic mass is 16.5. The van der Waals surface area contributed by atoms with E-state index in [-0.39, 0.29) is 23.7 Å². The predicted molar refractivity (Wildman–Crippen MR) is 84.8 cm³/mol. The van der Waals surface area contributed by atoms with Crippen LogP contribution in [0.2, 0.25) is 0 Å². The standard InChI is InChI=1S/C17H30N2O3/c1-13(14-4-9-21-10-5-14)18-16(20)19-15-6-11-22-17(12-15)7-2-3-8-17/h13-15H,2-12H2,1H3,(H2,18,19,20). The summed E-state index contributed by atoms with van der Waals surface area (Å²) < 4.78 is 11.4. The Morgan fingerprint density at radius 3 is 2.59 bits per heavy atom. The Morgan fingerprint density at radius 2 is 1.86 bits per heavy atom. The van der Waals surface area contributed by atoms with Gasteiger partial charge in [-0.2, -0.15) is 0 Å². The monoisotopic (exact) mass is 310 g/mol. The summed E-state index contributed by atoms with van der Waals surface area (Å²) in [5.74, 6) is 0.537. The Morgan fingerprint density at radius 1 is 1.14 bits per heavy atom. The summed E-state index contributed by atoms with van der Waals surface area (Å²) in [6.45, 7) is 4.53. The van der Waals surface area contributed by atoms with Crippen molar-refractivity contribution in [1.82, 2.24) is 10.6 Å². The van der Waals surface area contributed by atoms with Crippen molar-refractivity contribution in [2.75, 3.05) is 19.8 Å². The third-order valence-electron chi connectivity index (χ3n) is 5.67. The van der Waals surface area contributed by atoms with Gasteiger partial charge in [0, 0.05) is 31.9 Å². The summed E-state index contributed by atoms with van der Waals surface area (Å²) in [6.07, 6.45) is 8.84. The number of urea groups is 1. The predicted octanol–water partition coefficient (Wildman–Crippen LogP) is 2.59. The second-order valence-electron chi connectivity index (χ2n) is 7.28. The van der Waals surface area contributed by atoms with E-state index in [9.17, 15) is 4.79 Å². The number of hydrogen-bond donors (Lipinski definition) is 2. The van der Waals surface area contributed by atoms with E-state index in [4.69, 9.17) is 9.47 Å². The molecule has 0 aromatic rings. The van der Waals surface area contributed by atoms with Crippen LogP contribution < -0.4 is 10.6 Å². The van der Waals surface area contributed by atoms with Gasteiger partial charge in [0.05, 0.1) is 5.60 Å². The summed E-state index contributed by atoms with van der Waals surface area (Å²) >= 11 is 0. The van der Waals surface area contributed by atoms with Gasteiger partial charge in [0.15, 0.2) is 0 Å². The average Bonchev–Trinajstić information content (AvgIpc) is 2.95. The van der Waals surface area contributed by atoms with Gasteiger partial charge in [0.1, 0.15) is 0 Å². The first-order valence-corrected chi connectivity index (χ1v) is 8.96. The Bertz CT molecular complexity index is 376. The maximum Gasteiger partial charge on any atom is 0.315 e. The smallest absolute Gasteiger partial charge is 0.315 e. The van der Waals surface area contributed by atoms with Gasteiger partial charge < -0.3 is 20.1 Å². The molecule has 2 N–H and O–H groups in total. The van der Waals surface area contributed by atoms with Crippen molar-refractivity contribution < 1.29 is 14.3 Å². The fourth-order valence-corrected chi connectivity index (χ4v) is 4.29. The quantitative estimate of drug-likeness (QED) is 0.842. The van der Waals surface area contributed by atoms with Crippen LogP contribution in [0.3, 0.4) is 0 Å². The Labute approximate surface area is 133 Å². The number of hydrogen-bond acceptors (Lipinski definition) is 3. The molecule has 3 rings (SSSR count). The van der Waals surface area contributed by atoms with Crippen LogP contribution >= 0.6 is 0 Å². The van der Waals surface area contributed by atoms with Crippen molar-refractivity contribution >= 4 is 6.03 Å². The molecule has 0 bridgehead atoms. The summed E-state index contributed by atoms with van der Waals surface area (Å²) in [5.41, 5.74) is 0.0581. The SMILES string of the molecule is CC(NC(=O)NC1CCOC2(CCCC2)C1)C1CCOCC1. The van der Waals surface area contributed by atoms with E-state index >= 15 is 0 Å². The minimum atomic E-state index is -0.0148. The number of rotatable bonds is 3. The molecular weight excluding hydrogens is 280 g/mol. The molecular formula is C17H30N2O3. The zero-order valence-electron chi connectivity index (χ0n) is 13.7. The third kappa shape index (κ3) is 3.93. The second-order valence-corrected chi connectivity index (χ2v) is 7.28. The van der Waals surface area contributed by atoms with E-state index in [0.717, 1.165) is 58.3 Å². The molecule has 5 heteroatoms. The Balaban J connectivity index is 1.44. The van der Waals surface area contributed by atoms with Crippen LogP contribution in [-0.2, 0) is 9.47 Å². The zero-order chi connectivity index (χ0) is 15.4. The lowest BCUT2D eigenvalue weighted by atomic mass is 9.89. The maximum absolute atomic E-state index is 12.3. The van der Waals surface area contributed by atoms with E-state index in [1.807, 2.05) is 0 Å². The molecule has 1 spiro atoms. The molecule has 1 saturated carbocycles. The lowest BCUT2D eigenvalue weighted by Gasteiger charge is -2.38. The molecule has 2 atom stereocenters. The van der Waals surface area contributed by atoms with Crippen molar-refractivity contribution in [3.05, 3.63) is 0 Å². The van der Waals surface area contributed by atoms with Crippen molar-refractivity contribution in [1.29, 1.82) is 0 Å². The van der Waals surface area contributed by atoms with Crippen molar-refractivity contribution in [3.63, 3.8) is 0 Å². The fraction of sp³-hybridized carbons (Fsp3) is 0.941. The zero-order valence-corrected chi connectivity index (χ0v) is 13.7. The molecule has 5 nitrogen and oxygen atoms in total. The van der Waals surface area contributed by atoms with Gasteiger partial charge in [-0.15, -0.1) is 0 Å². The van der Waals surface area contributed by atoms with Gasteiger partial charge in [-0.25, -0.2) is 4.79 Å². The minimum absolute atomic E-state index is 0.0148. The molecule has 2 aliphatic heterocycles. The summed E-state index contributed by atoms with van der Waals surface area (Å²) in [4.78, 5) is 12.3. The van der Waals surface area contributed by atoms with Gasteiger partial charge in [0.25, 0.3) is 0 Å². The Hall–Kier alpha value is -0.810. The van der Waals surface area contributed by atoms with Crippen LogP contribution in [0, 0.1) is 5.92 Å². The van der Waals surface area contributed by atoms with Gasteiger partial charge in [-0.1, -0.05) is 12.8 Å². The van der Waals surface area contributed by atoms with E-state index in [0.29, 0.717) is 5.92 Å². The molecule has 1 aliphatic carbocycles. The van der Waals surface area contributed by atoms with Crippen LogP contribution in [0.25, 0.3) is 0 Å². The third-order valence-corrected chi connectivity index (χ3v) is 5.67. The first-order valence-electron chi connectivity index (χ1n) is 8.96. The van der Waals surface area contributed by atoms with Crippen molar-refractivity contribution in [3.8, 4) is 0 Å². The van der Waals surface area contributed by atoms with E-state index < -0.39 is 0 Å². The van der Waals surface area contributed by atoms with Gasteiger partial charge >= 0.3 is 6.03 Å². The summed E-state index contributed by atoms with van der Waals surface area (Å²) in [6, 6.07) is 0.456. The van der Waals surface area contributed by atoms with Crippen LogP contribution in [0.15, 0.2) is 0 Å². The minimum Gasteiger partial charge on any atom is -0.381 e. The van der Waals surface area contributed by atoms with Gasteiger partial charge in [-0.3, -0.25) is 0 Å². The molecule has 22 heavy (non-hydrogen) atoms. The molecule has 2 heterocycles. The number of carbonyl (C=O) groups is 1. The number of nitrogens with one attached hydrogen (secondary N) is 2. The van der Waals surface area contributed by atoms with E-state index in [2.05, 4.69) is 17.6 Å². The maximum atomic E-state index is 12.3. The second kappa shape index (κ2) is 7.18. The Kier molecular flexibility index (Phi) is 5.24. The lowest BCUT2D eigenvalue weighted by molar-refractivity contribution is -0.0820. The molecule has 2 unspecified atom stereocenters. The molecule has 3 aliphatic rings. The molecule has 0 radical (unpaired) electrons. The van der Waals surface area contributed by atoms with Gasteiger partial charge in [0.2, 0.25) is 0 Å². The first kappa shape index (κ1) is 16.1. The van der Waals surface area contributed by atoms with Gasteiger partial charge in [-0.05, 0) is 51.4 Å². The summed E-state index contributed by atoms with van der Waals surface area (Å²) in [5, 5.41) is 6.31. The molecule has 2 saturated heterocycles.